The molecule has 2 rings (SSSR count). The second kappa shape index (κ2) is 5.07. The van der Waals surface area contributed by atoms with Gasteiger partial charge < -0.3 is 10.5 Å². The zero-order valence-corrected chi connectivity index (χ0v) is 11.0. The van der Waals surface area contributed by atoms with Crippen LogP contribution >= 0.6 is 0 Å². The summed E-state index contributed by atoms with van der Waals surface area (Å²) in [6.45, 7) is 3.53. The normalized spacial score (nSPS) is 11.7. The summed E-state index contributed by atoms with van der Waals surface area (Å²) in [7, 11) is 0. The van der Waals surface area contributed by atoms with Crippen LogP contribution in [-0.4, -0.2) is 9.78 Å². The van der Waals surface area contributed by atoms with Gasteiger partial charge in [-0.1, -0.05) is 6.07 Å². The van der Waals surface area contributed by atoms with Crippen molar-refractivity contribution in [3.8, 4) is 5.75 Å². The Morgan fingerprint density at radius 3 is 2.55 bits per heavy atom. The van der Waals surface area contributed by atoms with Gasteiger partial charge in [0.25, 0.3) is 0 Å². The Labute approximate surface area is 114 Å². The van der Waals surface area contributed by atoms with Crippen molar-refractivity contribution in [3.63, 3.8) is 0 Å². The molecule has 1 aromatic heterocycles. The highest BCUT2D eigenvalue weighted by Gasteiger charge is 2.30. The number of nitrogen functional groups attached to an aromatic ring is 1. The summed E-state index contributed by atoms with van der Waals surface area (Å²) in [5, 5.41) is 4.14. The summed E-state index contributed by atoms with van der Waals surface area (Å²) in [5.41, 5.74) is 6.95. The van der Waals surface area contributed by atoms with Crippen molar-refractivity contribution in [1.82, 2.24) is 9.78 Å². The third kappa shape index (κ3) is 2.87. The van der Waals surface area contributed by atoms with Crippen molar-refractivity contribution < 1.29 is 17.9 Å². The molecule has 0 fully saturated rings. The highest BCUT2D eigenvalue weighted by atomic mass is 19.4. The lowest BCUT2D eigenvalue weighted by Crippen LogP contribution is -2.10. The Balaban J connectivity index is 2.13. The number of anilines is 1. The number of rotatable bonds is 3. The predicted octanol–water partition coefficient (Wildman–Crippen LogP) is 3.14. The lowest BCUT2D eigenvalue weighted by Gasteiger charge is -2.11. The Bertz CT molecular complexity index is 620. The molecule has 1 aromatic carbocycles. The lowest BCUT2D eigenvalue weighted by atomic mass is 10.2. The molecule has 0 atom stereocenters. The first kappa shape index (κ1) is 14.2. The van der Waals surface area contributed by atoms with Crippen LogP contribution in [0.2, 0.25) is 0 Å². The van der Waals surface area contributed by atoms with Crippen LogP contribution in [0.3, 0.4) is 0 Å². The SMILES string of the molecule is Cc1nn(COc2cccc(C(F)(F)F)c2)c(C)c1N. The maximum absolute atomic E-state index is 12.6. The minimum Gasteiger partial charge on any atom is -0.471 e. The zero-order chi connectivity index (χ0) is 14.9. The molecule has 0 unspecified atom stereocenters. The summed E-state index contributed by atoms with van der Waals surface area (Å²) in [6.07, 6.45) is -4.39. The van der Waals surface area contributed by atoms with Gasteiger partial charge >= 0.3 is 6.18 Å². The third-order valence-electron chi connectivity index (χ3n) is 2.95. The maximum atomic E-state index is 12.6. The van der Waals surface area contributed by atoms with E-state index in [9.17, 15) is 13.2 Å². The van der Waals surface area contributed by atoms with Gasteiger partial charge in [-0.05, 0) is 32.0 Å². The van der Waals surface area contributed by atoms with Gasteiger partial charge in [-0.2, -0.15) is 18.3 Å². The number of hydrogen-bond acceptors (Lipinski definition) is 3. The molecule has 0 aliphatic heterocycles. The van der Waals surface area contributed by atoms with E-state index in [-0.39, 0.29) is 12.5 Å². The minimum atomic E-state index is -4.39. The summed E-state index contributed by atoms with van der Waals surface area (Å²) in [4.78, 5) is 0. The van der Waals surface area contributed by atoms with Gasteiger partial charge in [-0.15, -0.1) is 0 Å². The first-order chi connectivity index (χ1) is 9.29. The number of benzene rings is 1. The fraction of sp³-hybridized carbons (Fsp3) is 0.308. The van der Waals surface area contributed by atoms with Crippen LogP contribution in [0, 0.1) is 13.8 Å². The van der Waals surface area contributed by atoms with Gasteiger partial charge in [0.1, 0.15) is 5.75 Å². The number of halogens is 3. The quantitative estimate of drug-likeness (QED) is 0.942. The van der Waals surface area contributed by atoms with Gasteiger partial charge in [0, 0.05) is 0 Å². The van der Waals surface area contributed by atoms with E-state index in [2.05, 4.69) is 5.10 Å². The first-order valence-electron chi connectivity index (χ1n) is 5.88. The van der Waals surface area contributed by atoms with E-state index in [1.807, 2.05) is 0 Å². The number of aromatic nitrogens is 2. The van der Waals surface area contributed by atoms with Crippen LogP contribution in [0.15, 0.2) is 24.3 Å². The molecule has 0 aliphatic rings. The van der Waals surface area contributed by atoms with E-state index in [1.165, 1.54) is 16.8 Å². The van der Waals surface area contributed by atoms with Crippen LogP contribution in [0.1, 0.15) is 17.0 Å². The van der Waals surface area contributed by atoms with E-state index in [4.69, 9.17) is 10.5 Å². The standard InChI is InChI=1S/C13H14F3N3O/c1-8-12(17)9(2)19(18-8)7-20-11-5-3-4-10(6-11)13(14,15)16/h3-6H,7,17H2,1-2H3. The largest absolute Gasteiger partial charge is 0.471 e. The summed E-state index contributed by atoms with van der Waals surface area (Å²) in [5.74, 6) is 0.131. The van der Waals surface area contributed by atoms with E-state index < -0.39 is 11.7 Å². The fourth-order valence-electron chi connectivity index (χ4n) is 1.73. The minimum absolute atomic E-state index is 0.00514. The van der Waals surface area contributed by atoms with Crippen LogP contribution in [-0.2, 0) is 12.9 Å². The number of aryl methyl sites for hydroxylation is 1. The van der Waals surface area contributed by atoms with Crippen molar-refractivity contribution in [2.24, 2.45) is 0 Å². The van der Waals surface area contributed by atoms with Crippen LogP contribution in [0.4, 0.5) is 18.9 Å². The van der Waals surface area contributed by atoms with E-state index in [1.54, 1.807) is 13.8 Å². The molecule has 20 heavy (non-hydrogen) atoms. The molecule has 108 valence electrons. The topological polar surface area (TPSA) is 53.1 Å². The Kier molecular flexibility index (Phi) is 3.61. The van der Waals surface area contributed by atoms with Gasteiger partial charge in [0.05, 0.1) is 22.6 Å². The summed E-state index contributed by atoms with van der Waals surface area (Å²) in [6, 6.07) is 4.71. The molecular formula is C13H14F3N3O. The molecule has 0 aliphatic carbocycles. The van der Waals surface area contributed by atoms with E-state index >= 15 is 0 Å². The number of ether oxygens (including phenoxy) is 1. The van der Waals surface area contributed by atoms with Gasteiger partial charge in [-0.25, -0.2) is 4.68 Å². The van der Waals surface area contributed by atoms with Gasteiger partial charge in [0.2, 0.25) is 0 Å². The molecular weight excluding hydrogens is 271 g/mol. The predicted molar refractivity (Wildman–Crippen MR) is 68.2 cm³/mol. The van der Waals surface area contributed by atoms with Gasteiger partial charge in [-0.3, -0.25) is 0 Å². The molecule has 2 N–H and O–H groups in total. The number of nitrogens with zero attached hydrogens (tertiary/aromatic N) is 2. The molecule has 0 radical (unpaired) electrons. The smallest absolute Gasteiger partial charge is 0.416 e. The Hall–Kier alpha value is -2.18. The average molecular weight is 285 g/mol. The highest BCUT2D eigenvalue weighted by Crippen LogP contribution is 2.31. The molecule has 0 amide bonds. The number of nitrogens with two attached hydrogens (primary N) is 1. The summed E-state index contributed by atoms with van der Waals surface area (Å²) >= 11 is 0. The second-order valence-electron chi connectivity index (χ2n) is 4.38. The Morgan fingerprint density at radius 1 is 1.30 bits per heavy atom. The molecule has 0 spiro atoms. The zero-order valence-electron chi connectivity index (χ0n) is 11.0. The second-order valence-corrected chi connectivity index (χ2v) is 4.38. The molecule has 0 saturated heterocycles. The molecule has 0 saturated carbocycles. The van der Waals surface area contributed by atoms with Crippen molar-refractivity contribution in [3.05, 3.63) is 41.2 Å². The molecule has 7 heteroatoms. The first-order valence-corrected chi connectivity index (χ1v) is 5.88. The van der Waals surface area contributed by atoms with Crippen molar-refractivity contribution in [2.45, 2.75) is 26.8 Å². The van der Waals surface area contributed by atoms with Crippen molar-refractivity contribution >= 4 is 5.69 Å². The van der Waals surface area contributed by atoms with Crippen molar-refractivity contribution in [1.29, 1.82) is 0 Å². The van der Waals surface area contributed by atoms with Crippen LogP contribution < -0.4 is 10.5 Å². The van der Waals surface area contributed by atoms with E-state index in [0.29, 0.717) is 11.4 Å². The lowest BCUT2D eigenvalue weighted by molar-refractivity contribution is -0.137. The number of alkyl halides is 3. The molecule has 4 nitrogen and oxygen atoms in total. The van der Waals surface area contributed by atoms with Gasteiger partial charge in [0.15, 0.2) is 6.73 Å². The highest BCUT2D eigenvalue weighted by molar-refractivity contribution is 5.46. The molecule has 0 bridgehead atoms. The summed E-state index contributed by atoms with van der Waals surface area (Å²) < 4.78 is 44.5. The average Bonchev–Trinajstić information content (AvgIpc) is 2.63. The molecule has 2 aromatic rings. The Morgan fingerprint density at radius 2 is 2.00 bits per heavy atom. The maximum Gasteiger partial charge on any atom is 0.416 e. The van der Waals surface area contributed by atoms with Crippen molar-refractivity contribution in [2.75, 3.05) is 5.73 Å². The third-order valence-corrected chi connectivity index (χ3v) is 2.95. The molecule has 1 heterocycles. The van der Waals surface area contributed by atoms with E-state index in [0.717, 1.165) is 17.8 Å². The fourth-order valence-corrected chi connectivity index (χ4v) is 1.73. The number of hydrogen-bond donors (Lipinski definition) is 1. The van der Waals surface area contributed by atoms with Crippen LogP contribution in [0.5, 0.6) is 5.75 Å². The monoisotopic (exact) mass is 285 g/mol. The van der Waals surface area contributed by atoms with Crippen LogP contribution in [0.25, 0.3) is 0 Å².